The molecule has 0 saturated carbocycles. The van der Waals surface area contributed by atoms with E-state index in [1.807, 2.05) is 42.5 Å². The number of hydrazine groups is 1. The van der Waals surface area contributed by atoms with Gasteiger partial charge in [-0.3, -0.25) is 25.2 Å². The number of hydrogen-bond donors (Lipinski definition) is 3. The van der Waals surface area contributed by atoms with Gasteiger partial charge in [0.1, 0.15) is 0 Å². The minimum atomic E-state index is -0.431. The summed E-state index contributed by atoms with van der Waals surface area (Å²) < 4.78 is 0. The van der Waals surface area contributed by atoms with E-state index in [0.29, 0.717) is 17.7 Å². The molecule has 0 aliphatic carbocycles. The Kier molecular flexibility index (Phi) is 6.01. The molecule has 6 heteroatoms. The topological polar surface area (TPSA) is 87.3 Å². The van der Waals surface area contributed by atoms with Crippen LogP contribution in [0.3, 0.4) is 0 Å². The molecule has 0 heterocycles. The lowest BCUT2D eigenvalue weighted by atomic mass is 10.0. The Morgan fingerprint density at radius 1 is 0.786 bits per heavy atom. The Hall–Kier alpha value is -3.67. The summed E-state index contributed by atoms with van der Waals surface area (Å²) in [4.78, 5) is 35.8. The number of carbonyl (C=O) groups is 3. The smallest absolute Gasteiger partial charge is 0.269 e. The van der Waals surface area contributed by atoms with Gasteiger partial charge in [-0.2, -0.15) is 0 Å². The molecule has 3 N–H and O–H groups in total. The largest absolute Gasteiger partial charge is 0.326 e. The van der Waals surface area contributed by atoms with Gasteiger partial charge in [-0.15, -0.1) is 0 Å². The molecule has 0 radical (unpaired) electrons. The average Bonchev–Trinajstić information content (AvgIpc) is 2.72. The fourth-order valence-electron chi connectivity index (χ4n) is 2.82. The number of nitrogens with one attached hydrogen (secondary N) is 3. The van der Waals surface area contributed by atoms with E-state index < -0.39 is 5.91 Å². The van der Waals surface area contributed by atoms with Gasteiger partial charge in [0.05, 0.1) is 6.42 Å². The van der Waals surface area contributed by atoms with Crippen LogP contribution in [0.4, 0.5) is 5.69 Å². The maximum Gasteiger partial charge on any atom is 0.269 e. The van der Waals surface area contributed by atoms with Crippen LogP contribution in [0.25, 0.3) is 10.8 Å². The summed E-state index contributed by atoms with van der Waals surface area (Å²) in [6.45, 7) is 1.76. The number of anilines is 1. The number of carbonyl (C=O) groups excluding carboxylic acids is 3. The van der Waals surface area contributed by atoms with Crippen molar-refractivity contribution in [1.29, 1.82) is 0 Å². The van der Waals surface area contributed by atoms with Gasteiger partial charge in [-0.1, -0.05) is 49.4 Å². The maximum atomic E-state index is 12.2. The molecule has 0 atom stereocenters. The summed E-state index contributed by atoms with van der Waals surface area (Å²) >= 11 is 0. The highest BCUT2D eigenvalue weighted by atomic mass is 16.2. The van der Waals surface area contributed by atoms with Crippen LogP contribution in [-0.2, 0) is 16.0 Å². The molecule has 3 aromatic rings. The lowest BCUT2D eigenvalue weighted by Gasteiger charge is -2.10. The normalized spacial score (nSPS) is 10.3. The summed E-state index contributed by atoms with van der Waals surface area (Å²) in [6, 6.07) is 20.1. The molecule has 0 bridgehead atoms. The number of fused-ring (bicyclic) bond motifs is 1. The minimum absolute atomic E-state index is 0.0992. The van der Waals surface area contributed by atoms with Crippen molar-refractivity contribution in [1.82, 2.24) is 10.9 Å². The van der Waals surface area contributed by atoms with Crippen molar-refractivity contribution in [2.45, 2.75) is 19.8 Å². The number of benzene rings is 3. The molecule has 0 saturated heterocycles. The van der Waals surface area contributed by atoms with Crippen LogP contribution >= 0.6 is 0 Å². The Morgan fingerprint density at radius 3 is 2.25 bits per heavy atom. The minimum Gasteiger partial charge on any atom is -0.326 e. The first kappa shape index (κ1) is 19.1. The monoisotopic (exact) mass is 375 g/mol. The van der Waals surface area contributed by atoms with E-state index >= 15 is 0 Å². The summed E-state index contributed by atoms with van der Waals surface area (Å²) in [5, 5.41) is 4.78. The predicted octanol–water partition coefficient (Wildman–Crippen LogP) is 3.19. The fourth-order valence-corrected chi connectivity index (χ4v) is 2.82. The Morgan fingerprint density at radius 2 is 1.50 bits per heavy atom. The van der Waals surface area contributed by atoms with Crippen molar-refractivity contribution in [3.05, 3.63) is 77.9 Å². The van der Waals surface area contributed by atoms with E-state index in [2.05, 4.69) is 16.2 Å². The van der Waals surface area contributed by atoms with E-state index in [1.54, 1.807) is 31.2 Å². The van der Waals surface area contributed by atoms with Crippen LogP contribution in [0.5, 0.6) is 0 Å². The SMILES string of the molecule is CCC(=O)Nc1ccc(C(=O)NNC(=O)Cc2cccc3ccccc23)cc1. The first-order chi connectivity index (χ1) is 13.6. The summed E-state index contributed by atoms with van der Waals surface area (Å²) in [6.07, 6.45) is 0.536. The van der Waals surface area contributed by atoms with Gasteiger partial charge < -0.3 is 5.32 Å². The average molecular weight is 375 g/mol. The van der Waals surface area contributed by atoms with Crippen LogP contribution in [-0.4, -0.2) is 17.7 Å². The van der Waals surface area contributed by atoms with Gasteiger partial charge >= 0.3 is 0 Å². The van der Waals surface area contributed by atoms with Crippen molar-refractivity contribution >= 4 is 34.2 Å². The second kappa shape index (κ2) is 8.81. The van der Waals surface area contributed by atoms with Gasteiger partial charge in [0, 0.05) is 17.7 Å². The van der Waals surface area contributed by atoms with Gasteiger partial charge in [0.25, 0.3) is 5.91 Å². The van der Waals surface area contributed by atoms with Crippen molar-refractivity contribution in [3.63, 3.8) is 0 Å². The van der Waals surface area contributed by atoms with E-state index in [1.165, 1.54) is 0 Å². The van der Waals surface area contributed by atoms with Crippen LogP contribution in [0.15, 0.2) is 66.7 Å². The second-order valence-corrected chi connectivity index (χ2v) is 6.30. The molecule has 3 aromatic carbocycles. The third-order valence-corrected chi connectivity index (χ3v) is 4.30. The van der Waals surface area contributed by atoms with Crippen LogP contribution < -0.4 is 16.2 Å². The summed E-state index contributed by atoms with van der Waals surface area (Å²) in [5.41, 5.74) is 6.73. The van der Waals surface area contributed by atoms with E-state index in [9.17, 15) is 14.4 Å². The Labute approximate surface area is 162 Å². The maximum absolute atomic E-state index is 12.2. The summed E-state index contributed by atoms with van der Waals surface area (Å²) in [7, 11) is 0. The molecule has 0 unspecified atom stereocenters. The molecule has 28 heavy (non-hydrogen) atoms. The van der Waals surface area contributed by atoms with Crippen LogP contribution in [0.2, 0.25) is 0 Å². The molecular weight excluding hydrogens is 354 g/mol. The fraction of sp³-hybridized carbons (Fsp3) is 0.136. The summed E-state index contributed by atoms with van der Waals surface area (Å²) in [5.74, 6) is -0.839. The van der Waals surface area contributed by atoms with E-state index in [4.69, 9.17) is 0 Å². The van der Waals surface area contributed by atoms with Crippen molar-refractivity contribution in [2.24, 2.45) is 0 Å². The molecule has 142 valence electrons. The molecule has 6 nitrogen and oxygen atoms in total. The molecule has 0 aliphatic heterocycles. The van der Waals surface area contributed by atoms with Gasteiger partial charge in [-0.05, 0) is 40.6 Å². The van der Waals surface area contributed by atoms with Crippen LogP contribution in [0, 0.1) is 0 Å². The van der Waals surface area contributed by atoms with Crippen LogP contribution in [0.1, 0.15) is 29.3 Å². The number of amides is 3. The van der Waals surface area contributed by atoms with Gasteiger partial charge in [-0.25, -0.2) is 0 Å². The standard InChI is InChI=1S/C22H21N3O3/c1-2-20(26)23-18-12-10-16(11-13-18)22(28)25-24-21(27)14-17-8-5-7-15-6-3-4-9-19(15)17/h3-13H,2,14H2,1H3,(H,23,26)(H,24,27)(H,25,28). The lowest BCUT2D eigenvalue weighted by Crippen LogP contribution is -2.42. The van der Waals surface area contributed by atoms with Crippen molar-refractivity contribution in [2.75, 3.05) is 5.32 Å². The molecule has 0 aliphatic rings. The predicted molar refractivity (Wildman–Crippen MR) is 109 cm³/mol. The van der Waals surface area contributed by atoms with Crippen molar-refractivity contribution < 1.29 is 14.4 Å². The second-order valence-electron chi connectivity index (χ2n) is 6.30. The Balaban J connectivity index is 1.56. The first-order valence-corrected chi connectivity index (χ1v) is 9.02. The molecular formula is C22H21N3O3. The first-order valence-electron chi connectivity index (χ1n) is 9.02. The zero-order valence-electron chi connectivity index (χ0n) is 15.5. The zero-order chi connectivity index (χ0) is 19.9. The molecule has 0 spiro atoms. The highest BCUT2D eigenvalue weighted by Crippen LogP contribution is 2.18. The van der Waals surface area contributed by atoms with E-state index in [0.717, 1.165) is 16.3 Å². The molecule has 0 aromatic heterocycles. The van der Waals surface area contributed by atoms with Gasteiger partial charge in [0.15, 0.2) is 0 Å². The van der Waals surface area contributed by atoms with E-state index in [-0.39, 0.29) is 18.2 Å². The number of hydrogen-bond acceptors (Lipinski definition) is 3. The molecule has 3 rings (SSSR count). The third kappa shape index (κ3) is 4.73. The van der Waals surface area contributed by atoms with Crippen molar-refractivity contribution in [3.8, 4) is 0 Å². The third-order valence-electron chi connectivity index (χ3n) is 4.30. The zero-order valence-corrected chi connectivity index (χ0v) is 15.5. The Bertz CT molecular complexity index is 1010. The molecule has 3 amide bonds. The highest BCUT2D eigenvalue weighted by molar-refractivity contribution is 5.97. The number of rotatable bonds is 5. The quantitative estimate of drug-likeness (QED) is 0.599. The van der Waals surface area contributed by atoms with Gasteiger partial charge in [0.2, 0.25) is 11.8 Å². The lowest BCUT2D eigenvalue weighted by molar-refractivity contribution is -0.121. The molecule has 0 fully saturated rings. The highest BCUT2D eigenvalue weighted by Gasteiger charge is 2.10.